The molecule has 0 atom stereocenters. The van der Waals surface area contributed by atoms with Crippen LogP contribution in [-0.2, 0) is 4.74 Å². The number of hydrogen-bond acceptors (Lipinski definition) is 2. The molecule has 0 spiro atoms. The molecule has 0 bridgehead atoms. The van der Waals surface area contributed by atoms with Crippen LogP contribution < -0.4 is 0 Å². The molecule has 2 nitrogen and oxygen atoms in total. The lowest BCUT2D eigenvalue weighted by Crippen LogP contribution is -2.00. The Bertz CT molecular complexity index is 402. The van der Waals surface area contributed by atoms with Crippen molar-refractivity contribution >= 4 is 12.0 Å². The summed E-state index contributed by atoms with van der Waals surface area (Å²) < 4.78 is 4.67. The topological polar surface area (TPSA) is 26.3 Å². The number of carbonyl (C=O) groups excluding carboxylic acids is 1. The molecule has 0 unspecified atom stereocenters. The van der Waals surface area contributed by atoms with Crippen molar-refractivity contribution in [2.24, 2.45) is 0 Å². The zero-order valence-corrected chi connectivity index (χ0v) is 11.5. The third kappa shape index (κ3) is 4.74. The van der Waals surface area contributed by atoms with Gasteiger partial charge in [-0.15, -0.1) is 0 Å². The summed E-state index contributed by atoms with van der Waals surface area (Å²) in [5, 5.41) is 0. The number of ether oxygens (including phenoxy) is 1. The van der Waals surface area contributed by atoms with Crippen molar-refractivity contribution in [2.75, 3.05) is 7.11 Å². The van der Waals surface area contributed by atoms with Gasteiger partial charge in [0, 0.05) is 0 Å². The van der Waals surface area contributed by atoms with E-state index >= 15 is 0 Å². The highest BCUT2D eigenvalue weighted by Gasteiger charge is 2.03. The highest BCUT2D eigenvalue weighted by Crippen LogP contribution is 2.14. The van der Waals surface area contributed by atoms with Crippen molar-refractivity contribution < 1.29 is 9.53 Å². The van der Waals surface area contributed by atoms with Crippen molar-refractivity contribution in [3.8, 4) is 0 Å². The van der Waals surface area contributed by atoms with E-state index in [1.54, 1.807) is 12.1 Å². The van der Waals surface area contributed by atoms with E-state index in [1.165, 1.54) is 31.9 Å². The first kappa shape index (κ1) is 14.5. The molecule has 1 rings (SSSR count). The number of carbonyl (C=O) groups is 1. The average Bonchev–Trinajstić information content (AvgIpc) is 2.39. The summed E-state index contributed by atoms with van der Waals surface area (Å²) in [7, 11) is 1.40. The van der Waals surface area contributed by atoms with Crippen molar-refractivity contribution in [1.82, 2.24) is 0 Å². The van der Waals surface area contributed by atoms with E-state index in [4.69, 9.17) is 0 Å². The fraction of sp³-hybridized carbons (Fsp3) is 0.438. The number of allylic oxidation sites excluding steroid dienone is 1. The van der Waals surface area contributed by atoms with E-state index in [2.05, 4.69) is 24.7 Å². The van der Waals surface area contributed by atoms with Crippen LogP contribution >= 0.6 is 0 Å². The van der Waals surface area contributed by atoms with Gasteiger partial charge in [-0.25, -0.2) is 4.79 Å². The van der Waals surface area contributed by atoms with Crippen LogP contribution in [0.3, 0.4) is 0 Å². The fourth-order valence-electron chi connectivity index (χ4n) is 1.84. The summed E-state index contributed by atoms with van der Waals surface area (Å²) in [6.45, 7) is 4.37. The van der Waals surface area contributed by atoms with E-state index in [-0.39, 0.29) is 5.97 Å². The number of benzene rings is 1. The minimum absolute atomic E-state index is 0.287. The SMILES string of the molecule is CCCCC/C(C)=C/c1ccc(C(=O)OC)cc1. The molecule has 1 aromatic carbocycles. The molecule has 0 heterocycles. The van der Waals surface area contributed by atoms with Crippen LogP contribution in [-0.4, -0.2) is 13.1 Å². The first-order chi connectivity index (χ1) is 8.67. The lowest BCUT2D eigenvalue weighted by molar-refractivity contribution is 0.0601. The second kappa shape index (κ2) is 7.70. The van der Waals surface area contributed by atoms with E-state index in [9.17, 15) is 4.79 Å². The Morgan fingerprint density at radius 1 is 1.22 bits per heavy atom. The molecule has 0 aliphatic heterocycles. The van der Waals surface area contributed by atoms with Crippen molar-refractivity contribution in [1.29, 1.82) is 0 Å². The largest absolute Gasteiger partial charge is 0.465 e. The van der Waals surface area contributed by atoms with E-state index < -0.39 is 0 Å². The predicted molar refractivity (Wildman–Crippen MR) is 75.6 cm³/mol. The van der Waals surface area contributed by atoms with Gasteiger partial charge in [-0.1, -0.05) is 43.5 Å². The fourth-order valence-corrected chi connectivity index (χ4v) is 1.84. The molecular formula is C16H22O2. The van der Waals surface area contributed by atoms with Crippen LogP contribution in [0.5, 0.6) is 0 Å². The number of methoxy groups -OCH3 is 1. The van der Waals surface area contributed by atoms with Crippen molar-refractivity contribution in [3.63, 3.8) is 0 Å². The average molecular weight is 246 g/mol. The molecule has 0 aromatic heterocycles. The normalized spacial score (nSPS) is 11.4. The Morgan fingerprint density at radius 2 is 1.89 bits per heavy atom. The number of esters is 1. The summed E-state index contributed by atoms with van der Waals surface area (Å²) >= 11 is 0. The molecule has 2 heteroatoms. The molecule has 98 valence electrons. The maximum atomic E-state index is 11.3. The maximum absolute atomic E-state index is 11.3. The summed E-state index contributed by atoms with van der Waals surface area (Å²) in [4.78, 5) is 11.3. The molecule has 0 N–H and O–H groups in total. The summed E-state index contributed by atoms with van der Waals surface area (Å²) in [5.74, 6) is -0.287. The van der Waals surface area contributed by atoms with Crippen LogP contribution in [0.15, 0.2) is 29.8 Å². The molecule has 0 saturated carbocycles. The van der Waals surface area contributed by atoms with Crippen LogP contribution in [0.1, 0.15) is 55.5 Å². The molecule has 0 aliphatic rings. The van der Waals surface area contributed by atoms with Crippen molar-refractivity contribution in [2.45, 2.75) is 39.5 Å². The summed E-state index contributed by atoms with van der Waals surface area (Å²) in [5.41, 5.74) is 3.12. The molecule has 0 fully saturated rings. The summed E-state index contributed by atoms with van der Waals surface area (Å²) in [6.07, 6.45) is 7.11. The first-order valence-corrected chi connectivity index (χ1v) is 6.53. The van der Waals surface area contributed by atoms with Crippen LogP contribution in [0, 0.1) is 0 Å². The molecule has 0 radical (unpaired) electrons. The maximum Gasteiger partial charge on any atom is 0.337 e. The zero-order chi connectivity index (χ0) is 13.4. The number of hydrogen-bond donors (Lipinski definition) is 0. The Morgan fingerprint density at radius 3 is 2.44 bits per heavy atom. The molecule has 18 heavy (non-hydrogen) atoms. The monoisotopic (exact) mass is 246 g/mol. The molecule has 0 saturated heterocycles. The van der Waals surface area contributed by atoms with E-state index in [1.807, 2.05) is 12.1 Å². The second-order valence-electron chi connectivity index (χ2n) is 4.56. The van der Waals surface area contributed by atoms with Gasteiger partial charge in [-0.2, -0.15) is 0 Å². The Balaban J connectivity index is 2.62. The predicted octanol–water partition coefficient (Wildman–Crippen LogP) is 4.46. The summed E-state index contributed by atoms with van der Waals surface area (Å²) in [6, 6.07) is 7.51. The van der Waals surface area contributed by atoms with Crippen molar-refractivity contribution in [3.05, 3.63) is 41.0 Å². The molecule has 0 amide bonds. The molecule has 0 aliphatic carbocycles. The lowest BCUT2D eigenvalue weighted by atomic mass is 10.0. The highest BCUT2D eigenvalue weighted by molar-refractivity contribution is 5.89. The van der Waals surface area contributed by atoms with E-state index in [0.717, 1.165) is 12.0 Å². The highest BCUT2D eigenvalue weighted by atomic mass is 16.5. The second-order valence-corrected chi connectivity index (χ2v) is 4.56. The van der Waals surface area contributed by atoms with Gasteiger partial charge in [0.05, 0.1) is 12.7 Å². The van der Waals surface area contributed by atoms with Gasteiger partial charge in [0.2, 0.25) is 0 Å². The third-order valence-electron chi connectivity index (χ3n) is 2.92. The first-order valence-electron chi connectivity index (χ1n) is 6.53. The Labute approximate surface area is 110 Å². The van der Waals surface area contributed by atoms with Crippen LogP contribution in [0.4, 0.5) is 0 Å². The van der Waals surface area contributed by atoms with Gasteiger partial charge < -0.3 is 4.74 Å². The molecular weight excluding hydrogens is 224 g/mol. The molecule has 1 aromatic rings. The van der Waals surface area contributed by atoms with Gasteiger partial charge in [0.15, 0.2) is 0 Å². The smallest absolute Gasteiger partial charge is 0.337 e. The van der Waals surface area contributed by atoms with Gasteiger partial charge in [0.1, 0.15) is 0 Å². The van der Waals surface area contributed by atoms with Crippen LogP contribution in [0.25, 0.3) is 6.08 Å². The quantitative estimate of drug-likeness (QED) is 0.547. The number of rotatable bonds is 6. The van der Waals surface area contributed by atoms with Gasteiger partial charge in [-0.05, 0) is 37.5 Å². The zero-order valence-electron chi connectivity index (χ0n) is 11.5. The lowest BCUT2D eigenvalue weighted by Gasteiger charge is -2.02. The van der Waals surface area contributed by atoms with Gasteiger partial charge in [-0.3, -0.25) is 0 Å². The van der Waals surface area contributed by atoms with Crippen LogP contribution in [0.2, 0.25) is 0 Å². The number of unbranched alkanes of at least 4 members (excludes halogenated alkanes) is 2. The van der Waals surface area contributed by atoms with Gasteiger partial charge >= 0.3 is 5.97 Å². The minimum Gasteiger partial charge on any atom is -0.465 e. The third-order valence-corrected chi connectivity index (χ3v) is 2.92. The Hall–Kier alpha value is -1.57. The van der Waals surface area contributed by atoms with E-state index in [0.29, 0.717) is 5.56 Å². The standard InChI is InChI=1S/C16H22O2/c1-4-5-6-7-13(2)12-14-8-10-15(11-9-14)16(17)18-3/h8-12H,4-7H2,1-3H3/b13-12+. The minimum atomic E-state index is -0.287. The van der Waals surface area contributed by atoms with Gasteiger partial charge in [0.25, 0.3) is 0 Å². The Kier molecular flexibility index (Phi) is 6.20.